The summed E-state index contributed by atoms with van der Waals surface area (Å²) >= 11 is 0. The highest BCUT2D eigenvalue weighted by atomic mass is 16.2. The SMILES string of the molecule is CC(C)c1ncc2n1-c1ncccc1NC21CCN(C(=O)c2ccccc2)CC1. The number of aromatic nitrogens is 3. The largest absolute Gasteiger partial charge is 0.371 e. The third kappa shape index (κ3) is 2.82. The number of imidazole rings is 1. The van der Waals surface area contributed by atoms with Gasteiger partial charge in [0, 0.05) is 30.8 Å². The van der Waals surface area contributed by atoms with Crippen molar-refractivity contribution in [3.05, 3.63) is 71.9 Å². The summed E-state index contributed by atoms with van der Waals surface area (Å²) in [5.41, 5.74) is 2.70. The molecule has 6 heteroatoms. The van der Waals surface area contributed by atoms with Gasteiger partial charge in [0.15, 0.2) is 5.82 Å². The smallest absolute Gasteiger partial charge is 0.253 e. The number of pyridine rings is 1. The van der Waals surface area contributed by atoms with Crippen LogP contribution in [0.4, 0.5) is 5.69 Å². The molecule has 2 aliphatic rings. The molecule has 5 rings (SSSR count). The first kappa shape index (κ1) is 17.9. The van der Waals surface area contributed by atoms with Crippen molar-refractivity contribution in [1.29, 1.82) is 0 Å². The molecule has 1 N–H and O–H groups in total. The van der Waals surface area contributed by atoms with E-state index in [2.05, 4.69) is 34.8 Å². The third-order valence-electron chi connectivity index (χ3n) is 6.09. The lowest BCUT2D eigenvalue weighted by Crippen LogP contribution is -2.51. The minimum absolute atomic E-state index is 0.106. The first-order valence-electron chi connectivity index (χ1n) is 10.2. The van der Waals surface area contributed by atoms with Crippen molar-refractivity contribution in [2.75, 3.05) is 18.4 Å². The number of rotatable bonds is 2. The fourth-order valence-corrected chi connectivity index (χ4v) is 4.56. The molecule has 148 valence electrons. The molecule has 1 amide bonds. The summed E-state index contributed by atoms with van der Waals surface area (Å²) in [6, 6.07) is 13.6. The maximum atomic E-state index is 12.9. The molecule has 1 aromatic carbocycles. The van der Waals surface area contributed by atoms with Crippen LogP contribution in [0.15, 0.2) is 54.9 Å². The Kier molecular flexibility index (Phi) is 4.15. The zero-order valence-electron chi connectivity index (χ0n) is 16.8. The molecule has 0 atom stereocenters. The van der Waals surface area contributed by atoms with E-state index in [0.717, 1.165) is 41.4 Å². The van der Waals surface area contributed by atoms with Gasteiger partial charge in [-0.05, 0) is 37.1 Å². The van der Waals surface area contributed by atoms with E-state index >= 15 is 0 Å². The van der Waals surface area contributed by atoms with Gasteiger partial charge in [0.1, 0.15) is 5.82 Å². The minimum atomic E-state index is -0.232. The summed E-state index contributed by atoms with van der Waals surface area (Å²) in [5.74, 6) is 2.35. The van der Waals surface area contributed by atoms with Gasteiger partial charge < -0.3 is 10.2 Å². The molecule has 0 saturated carbocycles. The Morgan fingerprint density at radius 2 is 1.83 bits per heavy atom. The molecule has 4 heterocycles. The van der Waals surface area contributed by atoms with Crippen LogP contribution in [-0.4, -0.2) is 38.4 Å². The van der Waals surface area contributed by atoms with Crippen LogP contribution in [0.1, 0.15) is 54.5 Å². The second-order valence-electron chi connectivity index (χ2n) is 8.23. The molecule has 0 aliphatic carbocycles. The molecule has 6 nitrogen and oxygen atoms in total. The lowest BCUT2D eigenvalue weighted by molar-refractivity contribution is 0.0676. The van der Waals surface area contributed by atoms with Crippen molar-refractivity contribution in [3.8, 4) is 5.82 Å². The van der Waals surface area contributed by atoms with Gasteiger partial charge in [-0.2, -0.15) is 0 Å². The normalized spacial score (nSPS) is 17.0. The van der Waals surface area contributed by atoms with Crippen LogP contribution >= 0.6 is 0 Å². The van der Waals surface area contributed by atoms with Crippen molar-refractivity contribution in [3.63, 3.8) is 0 Å². The van der Waals surface area contributed by atoms with Gasteiger partial charge in [-0.25, -0.2) is 9.97 Å². The van der Waals surface area contributed by atoms with E-state index in [1.807, 2.05) is 53.7 Å². The van der Waals surface area contributed by atoms with Crippen molar-refractivity contribution in [2.45, 2.75) is 38.1 Å². The van der Waals surface area contributed by atoms with Crippen LogP contribution in [-0.2, 0) is 5.54 Å². The van der Waals surface area contributed by atoms with Crippen LogP contribution in [0.3, 0.4) is 0 Å². The van der Waals surface area contributed by atoms with Crippen LogP contribution in [0.25, 0.3) is 5.82 Å². The summed E-state index contributed by atoms with van der Waals surface area (Å²) in [7, 11) is 0. The zero-order valence-corrected chi connectivity index (χ0v) is 16.8. The number of hydrogen-bond acceptors (Lipinski definition) is 4. The maximum Gasteiger partial charge on any atom is 0.253 e. The summed E-state index contributed by atoms with van der Waals surface area (Å²) in [5, 5.41) is 3.76. The molecule has 1 saturated heterocycles. The zero-order chi connectivity index (χ0) is 20.0. The number of fused-ring (bicyclic) bond motifs is 4. The van der Waals surface area contributed by atoms with Crippen LogP contribution < -0.4 is 5.32 Å². The van der Waals surface area contributed by atoms with Gasteiger partial charge >= 0.3 is 0 Å². The first-order chi connectivity index (χ1) is 14.1. The van der Waals surface area contributed by atoms with Crippen LogP contribution in [0.5, 0.6) is 0 Å². The molecular formula is C23H25N5O. The molecule has 2 aliphatic heterocycles. The Balaban J connectivity index is 1.48. The number of nitrogens with one attached hydrogen (secondary N) is 1. The summed E-state index contributed by atoms with van der Waals surface area (Å²) in [4.78, 5) is 24.2. The van der Waals surface area contributed by atoms with E-state index in [4.69, 9.17) is 4.98 Å². The monoisotopic (exact) mass is 387 g/mol. The molecule has 2 aromatic heterocycles. The average molecular weight is 387 g/mol. The number of anilines is 1. The number of nitrogens with zero attached hydrogens (tertiary/aromatic N) is 4. The summed E-state index contributed by atoms with van der Waals surface area (Å²) in [6.45, 7) is 5.74. The molecule has 29 heavy (non-hydrogen) atoms. The molecular weight excluding hydrogens is 362 g/mol. The van der Waals surface area contributed by atoms with Gasteiger partial charge in [-0.1, -0.05) is 32.0 Å². The molecule has 0 unspecified atom stereocenters. The number of carbonyl (C=O) groups excluding carboxylic acids is 1. The van der Waals surface area contributed by atoms with Crippen molar-refractivity contribution < 1.29 is 4.79 Å². The van der Waals surface area contributed by atoms with E-state index in [-0.39, 0.29) is 11.4 Å². The van der Waals surface area contributed by atoms with E-state index in [0.29, 0.717) is 19.0 Å². The Morgan fingerprint density at radius 1 is 1.07 bits per heavy atom. The number of benzene rings is 1. The second kappa shape index (κ2) is 6.72. The number of piperidine rings is 1. The lowest BCUT2D eigenvalue weighted by Gasteiger charge is -2.45. The van der Waals surface area contributed by atoms with Gasteiger partial charge in [-0.15, -0.1) is 0 Å². The molecule has 0 radical (unpaired) electrons. The predicted octanol–water partition coefficient (Wildman–Crippen LogP) is 3.95. The van der Waals surface area contributed by atoms with E-state index in [1.165, 1.54) is 0 Å². The Labute approximate surface area is 170 Å². The Bertz CT molecular complexity index is 1050. The van der Waals surface area contributed by atoms with Gasteiger partial charge in [-0.3, -0.25) is 9.36 Å². The van der Waals surface area contributed by atoms with Crippen molar-refractivity contribution >= 4 is 11.6 Å². The standard InChI is InChI=1S/C23H25N5O/c1-16(2)20-25-15-19-23(26-18-9-6-12-24-21(18)28(19)20)10-13-27(14-11-23)22(29)17-7-4-3-5-8-17/h3-9,12,15-16,26H,10-11,13-14H2,1-2H3. The topological polar surface area (TPSA) is 63.1 Å². The third-order valence-corrected chi connectivity index (χ3v) is 6.09. The lowest BCUT2D eigenvalue weighted by atomic mass is 9.82. The summed E-state index contributed by atoms with van der Waals surface area (Å²) < 4.78 is 2.23. The number of carbonyl (C=O) groups is 1. The highest BCUT2D eigenvalue weighted by Gasteiger charge is 2.44. The first-order valence-corrected chi connectivity index (χ1v) is 10.2. The van der Waals surface area contributed by atoms with Crippen LogP contribution in [0.2, 0.25) is 0 Å². The highest BCUT2D eigenvalue weighted by Crippen LogP contribution is 2.44. The van der Waals surface area contributed by atoms with E-state index in [9.17, 15) is 4.79 Å². The van der Waals surface area contributed by atoms with E-state index < -0.39 is 0 Å². The highest BCUT2D eigenvalue weighted by molar-refractivity contribution is 5.94. The molecule has 0 bridgehead atoms. The predicted molar refractivity (Wildman–Crippen MR) is 112 cm³/mol. The van der Waals surface area contributed by atoms with Crippen molar-refractivity contribution in [2.24, 2.45) is 0 Å². The maximum absolute atomic E-state index is 12.9. The van der Waals surface area contributed by atoms with Crippen LogP contribution in [0, 0.1) is 0 Å². The van der Waals surface area contributed by atoms with Gasteiger partial charge in [0.2, 0.25) is 0 Å². The average Bonchev–Trinajstić information content (AvgIpc) is 3.22. The molecule has 1 fully saturated rings. The Hall–Kier alpha value is -3.15. The minimum Gasteiger partial charge on any atom is -0.371 e. The van der Waals surface area contributed by atoms with Crippen molar-refractivity contribution in [1.82, 2.24) is 19.4 Å². The van der Waals surface area contributed by atoms with Gasteiger partial charge in [0.05, 0.1) is 23.1 Å². The Morgan fingerprint density at radius 3 is 2.55 bits per heavy atom. The fourth-order valence-electron chi connectivity index (χ4n) is 4.56. The van der Waals surface area contributed by atoms with E-state index in [1.54, 1.807) is 0 Å². The number of likely N-dealkylation sites (tertiary alicyclic amines) is 1. The number of hydrogen-bond donors (Lipinski definition) is 1. The molecule has 3 aromatic rings. The number of amides is 1. The summed E-state index contributed by atoms with van der Waals surface area (Å²) in [6.07, 6.45) is 5.49. The molecule has 1 spiro atoms. The quantitative estimate of drug-likeness (QED) is 0.723. The fraction of sp³-hybridized carbons (Fsp3) is 0.348. The second-order valence-corrected chi connectivity index (χ2v) is 8.23. The van der Waals surface area contributed by atoms with Gasteiger partial charge in [0.25, 0.3) is 5.91 Å².